The predicted octanol–water partition coefficient (Wildman–Crippen LogP) is 6.00. The number of benzene rings is 1. The number of hydrogen-bond acceptors (Lipinski definition) is 3. The van der Waals surface area contributed by atoms with Crippen LogP contribution in [-0.4, -0.2) is 43.1 Å². The highest BCUT2D eigenvalue weighted by Gasteiger charge is 2.43. The van der Waals surface area contributed by atoms with Crippen LogP contribution in [-0.2, 0) is 9.84 Å². The molecule has 8 heteroatoms. The van der Waals surface area contributed by atoms with Crippen LogP contribution in [0.3, 0.4) is 0 Å². The Labute approximate surface area is 185 Å². The molecule has 0 aromatic heterocycles. The number of alkyl halides is 1. The lowest BCUT2D eigenvalue weighted by Crippen LogP contribution is -2.54. The fourth-order valence-electron chi connectivity index (χ4n) is 3.43. The Bertz CT molecular complexity index is 847. The van der Waals surface area contributed by atoms with Gasteiger partial charge in [0, 0.05) is 19.0 Å². The Hall–Kier alpha value is -1.70. The van der Waals surface area contributed by atoms with E-state index in [1.807, 2.05) is 0 Å². The molecule has 0 bridgehead atoms. The second-order valence-electron chi connectivity index (χ2n) is 11.2. The SMILES string of the molecule is CC(C)(C)CC(C)(C)C(C)(C)C.O=C(O)N1CC(C(F)S(=O)(=O)c2ccc(F)cc2)C1. The zero-order valence-electron chi connectivity index (χ0n) is 19.9. The molecule has 0 aliphatic carbocycles. The summed E-state index contributed by atoms with van der Waals surface area (Å²) in [6.45, 7) is 18.4. The summed E-state index contributed by atoms with van der Waals surface area (Å²) in [7, 11) is -4.22. The van der Waals surface area contributed by atoms with Crippen LogP contribution in [0.2, 0.25) is 0 Å². The Balaban J connectivity index is 0.000000348. The number of carboxylic acid groups (broad SMARTS) is 1. The molecule has 178 valence electrons. The smallest absolute Gasteiger partial charge is 0.407 e. The number of rotatable bonds is 4. The molecule has 1 heterocycles. The van der Waals surface area contributed by atoms with E-state index in [1.165, 1.54) is 6.42 Å². The van der Waals surface area contributed by atoms with Crippen molar-refractivity contribution in [3.05, 3.63) is 30.1 Å². The van der Waals surface area contributed by atoms with E-state index in [2.05, 4.69) is 55.4 Å². The maximum Gasteiger partial charge on any atom is 0.407 e. The summed E-state index contributed by atoms with van der Waals surface area (Å²) in [6, 6.07) is 3.85. The standard InChI is InChI=1S/C12H26.C11H11F2NO4S/c1-10(2,3)9-12(7,8)11(4,5)6;12-8-1-3-9(4-2-8)19(17,18)10(13)7-5-14(6-7)11(15)16/h9H2,1-8H3;1-4,7,10H,5-6H2,(H,15,16). The van der Waals surface area contributed by atoms with Crippen LogP contribution in [0.4, 0.5) is 13.6 Å². The molecule has 5 nitrogen and oxygen atoms in total. The molecule has 1 unspecified atom stereocenters. The Morgan fingerprint density at radius 2 is 1.52 bits per heavy atom. The predicted molar refractivity (Wildman–Crippen MR) is 119 cm³/mol. The van der Waals surface area contributed by atoms with Crippen molar-refractivity contribution in [2.75, 3.05) is 13.1 Å². The number of carbonyl (C=O) groups is 1. The number of amides is 1. The molecule has 1 fully saturated rings. The summed E-state index contributed by atoms with van der Waals surface area (Å²) in [6.07, 6.45) is 0.0754. The van der Waals surface area contributed by atoms with Crippen molar-refractivity contribution in [3.63, 3.8) is 0 Å². The minimum atomic E-state index is -4.22. The lowest BCUT2D eigenvalue weighted by molar-refractivity contribution is 0.0614. The molecule has 1 N–H and O–H groups in total. The first-order chi connectivity index (χ1) is 13.8. The van der Waals surface area contributed by atoms with Gasteiger partial charge in [-0.05, 0) is 46.9 Å². The third-order valence-corrected chi connectivity index (χ3v) is 7.90. The van der Waals surface area contributed by atoms with Crippen LogP contribution in [0.25, 0.3) is 0 Å². The molecule has 1 aliphatic rings. The van der Waals surface area contributed by atoms with Crippen molar-refractivity contribution < 1.29 is 27.1 Å². The molecule has 0 spiro atoms. The van der Waals surface area contributed by atoms with Crippen LogP contribution in [0.1, 0.15) is 61.8 Å². The number of halogens is 2. The van der Waals surface area contributed by atoms with Crippen molar-refractivity contribution in [3.8, 4) is 0 Å². The Morgan fingerprint density at radius 1 is 1.06 bits per heavy atom. The fraction of sp³-hybridized carbons (Fsp3) is 0.696. The van der Waals surface area contributed by atoms with Gasteiger partial charge in [0.1, 0.15) is 5.82 Å². The summed E-state index contributed by atoms with van der Waals surface area (Å²) in [4.78, 5) is 11.1. The first-order valence-corrected chi connectivity index (χ1v) is 11.9. The Kier molecular flexibility index (Phi) is 8.31. The Morgan fingerprint density at radius 3 is 1.84 bits per heavy atom. The minimum Gasteiger partial charge on any atom is -0.465 e. The highest BCUT2D eigenvalue weighted by atomic mass is 32.2. The van der Waals surface area contributed by atoms with Gasteiger partial charge in [-0.3, -0.25) is 0 Å². The van der Waals surface area contributed by atoms with E-state index in [0.717, 1.165) is 29.2 Å². The number of sulfone groups is 1. The largest absolute Gasteiger partial charge is 0.465 e. The summed E-state index contributed by atoms with van der Waals surface area (Å²) in [5.41, 5.74) is -0.920. The van der Waals surface area contributed by atoms with E-state index in [9.17, 15) is 22.0 Å². The van der Waals surface area contributed by atoms with Gasteiger partial charge in [-0.15, -0.1) is 0 Å². The lowest BCUT2D eigenvalue weighted by atomic mass is 9.63. The van der Waals surface area contributed by atoms with Gasteiger partial charge in [0.2, 0.25) is 15.3 Å². The number of nitrogens with zero attached hydrogens (tertiary/aromatic N) is 1. The van der Waals surface area contributed by atoms with E-state index in [-0.39, 0.29) is 18.0 Å². The van der Waals surface area contributed by atoms with Crippen molar-refractivity contribution >= 4 is 15.9 Å². The summed E-state index contributed by atoms with van der Waals surface area (Å²) in [5.74, 6) is -1.50. The molecule has 1 aromatic rings. The normalized spacial score (nSPS) is 16.8. The number of hydrogen-bond donors (Lipinski definition) is 1. The maximum atomic E-state index is 13.9. The number of likely N-dealkylation sites (tertiary alicyclic amines) is 1. The van der Waals surface area contributed by atoms with Crippen molar-refractivity contribution in [1.29, 1.82) is 0 Å². The molecule has 1 amide bonds. The summed E-state index contributed by atoms with van der Waals surface area (Å²) < 4.78 is 50.4. The zero-order valence-corrected chi connectivity index (χ0v) is 20.7. The van der Waals surface area contributed by atoms with E-state index in [1.54, 1.807) is 0 Å². The maximum absolute atomic E-state index is 13.9. The van der Waals surface area contributed by atoms with E-state index in [0.29, 0.717) is 16.2 Å². The molecular weight excluding hydrogens is 424 g/mol. The third kappa shape index (κ3) is 7.44. The van der Waals surface area contributed by atoms with E-state index in [4.69, 9.17) is 5.11 Å². The molecule has 1 aromatic carbocycles. The van der Waals surface area contributed by atoms with Crippen LogP contribution in [0.5, 0.6) is 0 Å². The molecule has 0 saturated carbocycles. The van der Waals surface area contributed by atoms with Crippen molar-refractivity contribution in [2.24, 2.45) is 22.2 Å². The third-order valence-electron chi connectivity index (χ3n) is 5.99. The van der Waals surface area contributed by atoms with Crippen molar-refractivity contribution in [2.45, 2.75) is 72.2 Å². The molecule has 1 atom stereocenters. The average molecular weight is 462 g/mol. The van der Waals surface area contributed by atoms with Gasteiger partial charge < -0.3 is 10.0 Å². The average Bonchev–Trinajstić information content (AvgIpc) is 2.50. The second kappa shape index (κ2) is 9.43. The lowest BCUT2D eigenvalue weighted by Gasteiger charge is -2.43. The van der Waals surface area contributed by atoms with Gasteiger partial charge in [0.25, 0.3) is 0 Å². The molecule has 0 radical (unpaired) electrons. The topological polar surface area (TPSA) is 74.7 Å². The van der Waals surface area contributed by atoms with Gasteiger partial charge in [0.05, 0.1) is 4.90 Å². The van der Waals surface area contributed by atoms with E-state index >= 15 is 0 Å². The second-order valence-corrected chi connectivity index (χ2v) is 13.2. The minimum absolute atomic E-state index is 0.156. The van der Waals surface area contributed by atoms with Gasteiger partial charge in [-0.25, -0.2) is 22.0 Å². The van der Waals surface area contributed by atoms with Gasteiger partial charge in [0.15, 0.2) is 0 Å². The first kappa shape index (κ1) is 27.3. The zero-order chi connectivity index (χ0) is 24.4. The van der Waals surface area contributed by atoms with Gasteiger partial charge in [-0.1, -0.05) is 55.4 Å². The van der Waals surface area contributed by atoms with E-state index < -0.39 is 33.2 Å². The molecule has 1 aliphatic heterocycles. The quantitative estimate of drug-likeness (QED) is 0.558. The van der Waals surface area contributed by atoms with Crippen LogP contribution >= 0.6 is 0 Å². The van der Waals surface area contributed by atoms with Crippen LogP contribution in [0.15, 0.2) is 29.2 Å². The van der Waals surface area contributed by atoms with Crippen molar-refractivity contribution in [1.82, 2.24) is 4.90 Å². The fourth-order valence-corrected chi connectivity index (χ4v) is 4.89. The first-order valence-electron chi connectivity index (χ1n) is 10.4. The van der Waals surface area contributed by atoms with Crippen LogP contribution < -0.4 is 0 Å². The van der Waals surface area contributed by atoms with Gasteiger partial charge >= 0.3 is 6.09 Å². The monoisotopic (exact) mass is 461 g/mol. The van der Waals surface area contributed by atoms with Crippen LogP contribution in [0, 0.1) is 28.0 Å². The summed E-state index contributed by atoms with van der Waals surface area (Å²) in [5, 5.41) is 8.60. The molecule has 2 rings (SSSR count). The highest BCUT2D eigenvalue weighted by Crippen LogP contribution is 2.45. The van der Waals surface area contributed by atoms with Gasteiger partial charge in [-0.2, -0.15) is 0 Å². The molecular formula is C23H37F2NO4S. The molecule has 1 saturated heterocycles. The summed E-state index contributed by atoms with van der Waals surface area (Å²) >= 11 is 0. The molecule has 31 heavy (non-hydrogen) atoms. The highest BCUT2D eigenvalue weighted by molar-refractivity contribution is 7.92.